The van der Waals surface area contributed by atoms with Crippen LogP contribution in [0.3, 0.4) is 0 Å². The summed E-state index contributed by atoms with van der Waals surface area (Å²) in [4.78, 5) is 18.0. The van der Waals surface area contributed by atoms with Crippen LogP contribution in [0.5, 0.6) is 0 Å². The van der Waals surface area contributed by atoms with Crippen LogP contribution in [0, 0.1) is 13.8 Å². The molecule has 1 N–H and O–H groups in total. The van der Waals surface area contributed by atoms with Crippen LogP contribution in [0.1, 0.15) is 28.1 Å². The Morgan fingerprint density at radius 2 is 1.96 bits per heavy atom. The lowest BCUT2D eigenvalue weighted by Crippen LogP contribution is -2.37. The molecule has 0 radical (unpaired) electrons. The molecule has 1 aromatic carbocycles. The highest BCUT2D eigenvalue weighted by Crippen LogP contribution is 2.12. The third-order valence-corrected chi connectivity index (χ3v) is 4.55. The molecular formula is C20H25N5O2. The maximum atomic E-state index is 12.3. The number of nitrogens with one attached hydrogen (secondary N) is 1. The highest BCUT2D eigenvalue weighted by Gasteiger charge is 2.11. The van der Waals surface area contributed by atoms with Crippen LogP contribution in [0.2, 0.25) is 0 Å². The van der Waals surface area contributed by atoms with Gasteiger partial charge in [0.1, 0.15) is 5.76 Å². The van der Waals surface area contributed by atoms with Gasteiger partial charge < -0.3 is 19.3 Å². The fourth-order valence-corrected chi connectivity index (χ4v) is 2.98. The van der Waals surface area contributed by atoms with E-state index in [1.54, 1.807) is 24.5 Å². The molecule has 0 spiro atoms. The Balaban J connectivity index is 1.46. The molecule has 2 heterocycles. The molecule has 0 atom stereocenters. The van der Waals surface area contributed by atoms with E-state index in [2.05, 4.69) is 39.7 Å². The van der Waals surface area contributed by atoms with Gasteiger partial charge in [0, 0.05) is 44.6 Å². The number of hydrogen-bond acceptors (Lipinski definition) is 4. The number of nitrogens with zero attached hydrogens (tertiary/aromatic N) is 4. The summed E-state index contributed by atoms with van der Waals surface area (Å²) >= 11 is 0. The number of benzene rings is 1. The second-order valence-corrected chi connectivity index (χ2v) is 6.69. The SMILES string of the molecule is Cc1noc(C)c1CCNC(=O)N(C)Cc1ccc(Cn2ccnc2)cc1. The Morgan fingerprint density at radius 1 is 1.22 bits per heavy atom. The lowest BCUT2D eigenvalue weighted by molar-refractivity contribution is 0.207. The number of rotatable bonds is 7. The summed E-state index contributed by atoms with van der Waals surface area (Å²) in [5.41, 5.74) is 4.23. The fraction of sp³-hybridized carbons (Fsp3) is 0.350. The molecule has 2 aromatic heterocycles. The Labute approximate surface area is 159 Å². The van der Waals surface area contributed by atoms with Crippen LogP contribution in [0.4, 0.5) is 4.79 Å². The summed E-state index contributed by atoms with van der Waals surface area (Å²) < 4.78 is 7.16. The maximum absolute atomic E-state index is 12.3. The Bertz CT molecular complexity index is 849. The molecule has 7 heteroatoms. The van der Waals surface area contributed by atoms with Gasteiger partial charge in [-0.25, -0.2) is 9.78 Å². The fourth-order valence-electron chi connectivity index (χ4n) is 2.98. The predicted octanol–water partition coefficient (Wildman–Crippen LogP) is 2.92. The molecule has 0 fully saturated rings. The minimum Gasteiger partial charge on any atom is -0.361 e. The van der Waals surface area contributed by atoms with Gasteiger partial charge in [0.15, 0.2) is 0 Å². The number of carbonyl (C=O) groups is 1. The van der Waals surface area contributed by atoms with E-state index in [4.69, 9.17) is 4.52 Å². The van der Waals surface area contributed by atoms with E-state index in [9.17, 15) is 4.79 Å². The Kier molecular flexibility index (Phi) is 5.90. The molecule has 0 aliphatic heterocycles. The van der Waals surface area contributed by atoms with E-state index >= 15 is 0 Å². The van der Waals surface area contributed by atoms with Crippen LogP contribution in [0.25, 0.3) is 0 Å². The molecular weight excluding hydrogens is 342 g/mol. The maximum Gasteiger partial charge on any atom is 0.317 e. The van der Waals surface area contributed by atoms with Crippen molar-refractivity contribution in [3.8, 4) is 0 Å². The molecule has 3 aromatic rings. The first-order chi connectivity index (χ1) is 13.0. The zero-order valence-corrected chi connectivity index (χ0v) is 16.0. The third-order valence-electron chi connectivity index (χ3n) is 4.55. The predicted molar refractivity (Wildman–Crippen MR) is 102 cm³/mol. The van der Waals surface area contributed by atoms with Gasteiger partial charge in [-0.3, -0.25) is 0 Å². The van der Waals surface area contributed by atoms with E-state index < -0.39 is 0 Å². The van der Waals surface area contributed by atoms with E-state index in [0.29, 0.717) is 19.5 Å². The molecule has 2 amide bonds. The molecule has 0 bridgehead atoms. The van der Waals surface area contributed by atoms with Gasteiger partial charge in [-0.15, -0.1) is 0 Å². The largest absolute Gasteiger partial charge is 0.361 e. The average molecular weight is 367 g/mol. The van der Waals surface area contributed by atoms with Crippen molar-refractivity contribution in [2.75, 3.05) is 13.6 Å². The summed E-state index contributed by atoms with van der Waals surface area (Å²) in [5.74, 6) is 0.811. The first-order valence-electron chi connectivity index (χ1n) is 8.97. The van der Waals surface area contributed by atoms with Crippen LogP contribution in [-0.4, -0.2) is 39.2 Å². The van der Waals surface area contributed by atoms with Crippen molar-refractivity contribution in [2.45, 2.75) is 33.4 Å². The highest BCUT2D eigenvalue weighted by atomic mass is 16.5. The third kappa shape index (κ3) is 4.97. The van der Waals surface area contributed by atoms with Gasteiger partial charge in [-0.2, -0.15) is 0 Å². The van der Waals surface area contributed by atoms with Gasteiger partial charge in [0.2, 0.25) is 0 Å². The topological polar surface area (TPSA) is 76.2 Å². The molecule has 3 rings (SSSR count). The van der Waals surface area contributed by atoms with E-state index in [1.165, 1.54) is 5.56 Å². The highest BCUT2D eigenvalue weighted by molar-refractivity contribution is 5.73. The van der Waals surface area contributed by atoms with Crippen LogP contribution in [0.15, 0.2) is 47.5 Å². The van der Waals surface area contributed by atoms with Crippen molar-refractivity contribution >= 4 is 6.03 Å². The number of hydrogen-bond donors (Lipinski definition) is 1. The lowest BCUT2D eigenvalue weighted by Gasteiger charge is -2.18. The second-order valence-electron chi connectivity index (χ2n) is 6.69. The van der Waals surface area contributed by atoms with Crippen molar-refractivity contribution in [3.05, 3.63) is 71.1 Å². The quantitative estimate of drug-likeness (QED) is 0.697. The number of carbonyl (C=O) groups excluding carboxylic acids is 1. The molecule has 7 nitrogen and oxygen atoms in total. The van der Waals surface area contributed by atoms with E-state index in [-0.39, 0.29) is 6.03 Å². The molecule has 27 heavy (non-hydrogen) atoms. The minimum absolute atomic E-state index is 0.0933. The van der Waals surface area contributed by atoms with Crippen LogP contribution < -0.4 is 5.32 Å². The van der Waals surface area contributed by atoms with Crippen molar-refractivity contribution in [2.24, 2.45) is 0 Å². The molecule has 142 valence electrons. The number of amides is 2. The first-order valence-corrected chi connectivity index (χ1v) is 8.97. The molecule has 0 aliphatic rings. The summed E-state index contributed by atoms with van der Waals surface area (Å²) in [6.07, 6.45) is 6.22. The zero-order valence-electron chi connectivity index (χ0n) is 16.0. The van der Waals surface area contributed by atoms with Crippen molar-refractivity contribution in [3.63, 3.8) is 0 Å². The van der Waals surface area contributed by atoms with Crippen LogP contribution in [-0.2, 0) is 19.5 Å². The van der Waals surface area contributed by atoms with Crippen LogP contribution >= 0.6 is 0 Å². The van der Waals surface area contributed by atoms with Gasteiger partial charge >= 0.3 is 6.03 Å². The van der Waals surface area contributed by atoms with Crippen molar-refractivity contribution in [1.82, 2.24) is 24.9 Å². The number of imidazole rings is 1. The number of aromatic nitrogens is 3. The summed E-state index contributed by atoms with van der Waals surface area (Å²) in [7, 11) is 1.80. The normalized spacial score (nSPS) is 10.8. The van der Waals surface area contributed by atoms with Gasteiger partial charge in [-0.05, 0) is 31.4 Å². The first kappa shape index (κ1) is 18.7. The van der Waals surface area contributed by atoms with Gasteiger partial charge in [0.05, 0.1) is 12.0 Å². The molecule has 0 saturated carbocycles. The van der Waals surface area contributed by atoms with Gasteiger partial charge in [-0.1, -0.05) is 29.4 Å². The van der Waals surface area contributed by atoms with E-state index in [1.807, 2.05) is 24.6 Å². The van der Waals surface area contributed by atoms with Gasteiger partial charge in [0.25, 0.3) is 0 Å². The summed E-state index contributed by atoms with van der Waals surface area (Å²) in [5, 5.41) is 6.88. The monoisotopic (exact) mass is 367 g/mol. The lowest BCUT2D eigenvalue weighted by atomic mass is 10.1. The standard InChI is InChI=1S/C20H25N5O2/c1-15-19(16(2)27-23-15)8-9-22-20(26)24(3)12-17-4-6-18(7-5-17)13-25-11-10-21-14-25/h4-7,10-11,14H,8-9,12-13H2,1-3H3,(H,22,26). The summed E-state index contributed by atoms with van der Waals surface area (Å²) in [6, 6.07) is 8.18. The smallest absolute Gasteiger partial charge is 0.317 e. The number of aryl methyl sites for hydroxylation is 2. The van der Waals surface area contributed by atoms with E-state index in [0.717, 1.165) is 29.1 Å². The Hall–Kier alpha value is -3.09. The van der Waals surface area contributed by atoms with Crippen molar-refractivity contribution < 1.29 is 9.32 Å². The molecule has 0 unspecified atom stereocenters. The zero-order chi connectivity index (χ0) is 19.2. The average Bonchev–Trinajstić information content (AvgIpc) is 3.28. The number of urea groups is 1. The molecule has 0 aliphatic carbocycles. The summed E-state index contributed by atoms with van der Waals surface area (Å²) in [6.45, 7) is 5.70. The second kappa shape index (κ2) is 8.53. The molecule has 0 saturated heterocycles. The van der Waals surface area contributed by atoms with Crippen molar-refractivity contribution in [1.29, 1.82) is 0 Å². The minimum atomic E-state index is -0.0933. The Morgan fingerprint density at radius 3 is 2.59 bits per heavy atom.